The van der Waals surface area contributed by atoms with E-state index in [-0.39, 0.29) is 17.7 Å². The van der Waals surface area contributed by atoms with Gasteiger partial charge >= 0.3 is 6.03 Å². The third kappa shape index (κ3) is 3.84. The first kappa shape index (κ1) is 16.7. The molecule has 0 saturated carbocycles. The van der Waals surface area contributed by atoms with E-state index in [2.05, 4.69) is 22.1 Å². The van der Waals surface area contributed by atoms with E-state index in [1.54, 1.807) is 30.3 Å². The lowest BCUT2D eigenvalue weighted by molar-refractivity contribution is -0.0792. The van der Waals surface area contributed by atoms with Gasteiger partial charge in [0.05, 0.1) is 16.8 Å². The predicted octanol–water partition coefficient (Wildman–Crippen LogP) is 1.85. The van der Waals surface area contributed by atoms with Crippen LogP contribution in [-0.2, 0) is 11.3 Å². The van der Waals surface area contributed by atoms with Crippen LogP contribution in [0.1, 0.15) is 29.8 Å². The normalized spacial score (nSPS) is 28.2. The minimum atomic E-state index is -0.0961. The molecule has 2 aliphatic rings. The van der Waals surface area contributed by atoms with Gasteiger partial charge in [-0.3, -0.25) is 4.90 Å². The first-order valence-electron chi connectivity index (χ1n) is 8.20. The van der Waals surface area contributed by atoms with Crippen molar-refractivity contribution in [2.24, 2.45) is 0 Å². The summed E-state index contributed by atoms with van der Waals surface area (Å²) in [4.78, 5) is 21.6. The van der Waals surface area contributed by atoms with Crippen LogP contribution in [-0.4, -0.2) is 66.2 Å². The van der Waals surface area contributed by atoms with Crippen LogP contribution >= 0.6 is 11.3 Å². The van der Waals surface area contributed by atoms with Crippen molar-refractivity contribution in [2.45, 2.75) is 44.4 Å². The number of carbonyl (C=O) groups is 1. The van der Waals surface area contributed by atoms with Crippen LogP contribution < -0.4 is 5.32 Å². The van der Waals surface area contributed by atoms with Gasteiger partial charge in [0.15, 0.2) is 0 Å². The maximum Gasteiger partial charge on any atom is 0.317 e. The molecule has 23 heavy (non-hydrogen) atoms. The molecule has 7 heteroatoms. The Hall–Kier alpha value is -1.18. The standard InChI is InChI=1S/C16H26N4O2S/c1-12-14(23-11-17-12)9-20-6-5-16(10-20)8-13(4-7-22-16)18-15(21)19(2)3/h11,13H,4-10H2,1-3H3,(H,18,21)/t13-,16-/m1/s1. The molecule has 0 bridgehead atoms. The van der Waals surface area contributed by atoms with Gasteiger partial charge in [0.2, 0.25) is 0 Å². The van der Waals surface area contributed by atoms with E-state index < -0.39 is 0 Å². The first-order valence-corrected chi connectivity index (χ1v) is 9.08. The van der Waals surface area contributed by atoms with Crippen molar-refractivity contribution in [3.63, 3.8) is 0 Å². The molecule has 1 N–H and O–H groups in total. The van der Waals surface area contributed by atoms with Crippen molar-refractivity contribution in [2.75, 3.05) is 33.8 Å². The Labute approximate surface area is 141 Å². The molecule has 1 aromatic rings. The van der Waals surface area contributed by atoms with Crippen molar-refractivity contribution < 1.29 is 9.53 Å². The van der Waals surface area contributed by atoms with Crippen LogP contribution in [0.5, 0.6) is 0 Å². The Kier molecular flexibility index (Phi) is 4.89. The molecular formula is C16H26N4O2S. The van der Waals surface area contributed by atoms with Crippen LogP contribution in [0.25, 0.3) is 0 Å². The molecule has 3 heterocycles. The minimum Gasteiger partial charge on any atom is -0.373 e. The number of nitrogens with zero attached hydrogens (tertiary/aromatic N) is 3. The number of rotatable bonds is 3. The summed E-state index contributed by atoms with van der Waals surface area (Å²) < 4.78 is 6.16. The maximum atomic E-state index is 11.9. The summed E-state index contributed by atoms with van der Waals surface area (Å²) in [5, 5.41) is 3.12. The molecule has 1 spiro atoms. The van der Waals surface area contributed by atoms with Gasteiger partial charge in [0.25, 0.3) is 0 Å². The zero-order chi connectivity index (χ0) is 16.4. The molecule has 0 aromatic carbocycles. The lowest BCUT2D eigenvalue weighted by atomic mass is 9.89. The molecule has 1 aromatic heterocycles. The van der Waals surface area contributed by atoms with Gasteiger partial charge in [-0.25, -0.2) is 9.78 Å². The van der Waals surface area contributed by atoms with E-state index in [0.29, 0.717) is 0 Å². The van der Waals surface area contributed by atoms with Crippen LogP contribution in [0, 0.1) is 6.92 Å². The Morgan fingerprint density at radius 1 is 1.61 bits per heavy atom. The number of aromatic nitrogens is 1. The van der Waals surface area contributed by atoms with E-state index in [9.17, 15) is 4.79 Å². The zero-order valence-electron chi connectivity index (χ0n) is 14.2. The topological polar surface area (TPSA) is 57.7 Å². The SMILES string of the molecule is Cc1ncsc1CN1CC[C@@]2(C[C@H](NC(=O)N(C)C)CCO2)C1. The molecule has 0 aliphatic carbocycles. The number of hydrogen-bond acceptors (Lipinski definition) is 5. The highest BCUT2D eigenvalue weighted by Crippen LogP contribution is 2.35. The monoisotopic (exact) mass is 338 g/mol. The van der Waals surface area contributed by atoms with Crippen molar-refractivity contribution in [1.29, 1.82) is 0 Å². The number of likely N-dealkylation sites (tertiary alicyclic amines) is 1. The second kappa shape index (κ2) is 6.75. The Balaban J connectivity index is 1.57. The summed E-state index contributed by atoms with van der Waals surface area (Å²) in [5.74, 6) is 0. The Morgan fingerprint density at radius 3 is 3.13 bits per heavy atom. The summed E-state index contributed by atoms with van der Waals surface area (Å²) >= 11 is 1.73. The highest BCUT2D eigenvalue weighted by molar-refractivity contribution is 7.09. The van der Waals surface area contributed by atoms with Gasteiger partial charge in [-0.15, -0.1) is 11.3 Å². The third-order valence-corrected chi connectivity index (χ3v) is 5.75. The van der Waals surface area contributed by atoms with Crippen LogP contribution in [0.3, 0.4) is 0 Å². The maximum absolute atomic E-state index is 11.9. The van der Waals surface area contributed by atoms with Crippen molar-refractivity contribution in [1.82, 2.24) is 20.1 Å². The number of nitrogens with one attached hydrogen (secondary N) is 1. The Bertz CT molecular complexity index is 562. The molecule has 2 saturated heterocycles. The van der Waals surface area contributed by atoms with E-state index in [1.165, 1.54) is 4.88 Å². The number of urea groups is 1. The quantitative estimate of drug-likeness (QED) is 0.914. The molecule has 2 aliphatic heterocycles. The molecule has 128 valence electrons. The van der Waals surface area contributed by atoms with Gasteiger partial charge in [-0.05, 0) is 26.2 Å². The second-order valence-electron chi connectivity index (χ2n) is 6.89. The van der Waals surface area contributed by atoms with Gasteiger partial charge in [0.1, 0.15) is 0 Å². The van der Waals surface area contributed by atoms with E-state index in [4.69, 9.17) is 4.74 Å². The molecule has 0 radical (unpaired) electrons. The number of thiazole rings is 1. The summed E-state index contributed by atoms with van der Waals surface area (Å²) in [6, 6.07) is 0.200. The first-order chi connectivity index (χ1) is 11.0. The fraction of sp³-hybridized carbons (Fsp3) is 0.750. The van der Waals surface area contributed by atoms with Crippen LogP contribution in [0.4, 0.5) is 4.79 Å². The summed E-state index contributed by atoms with van der Waals surface area (Å²) in [5.41, 5.74) is 2.96. The lowest BCUT2D eigenvalue weighted by Crippen LogP contribution is -2.51. The summed E-state index contributed by atoms with van der Waals surface area (Å²) in [6.07, 6.45) is 2.85. The molecule has 6 nitrogen and oxygen atoms in total. The highest BCUT2D eigenvalue weighted by Gasteiger charge is 2.43. The second-order valence-corrected chi connectivity index (χ2v) is 7.83. The number of amides is 2. The van der Waals surface area contributed by atoms with E-state index in [0.717, 1.165) is 51.2 Å². The largest absolute Gasteiger partial charge is 0.373 e. The van der Waals surface area contributed by atoms with E-state index in [1.807, 2.05) is 5.51 Å². The van der Waals surface area contributed by atoms with Crippen molar-refractivity contribution >= 4 is 17.4 Å². The van der Waals surface area contributed by atoms with Crippen LogP contribution in [0.2, 0.25) is 0 Å². The van der Waals surface area contributed by atoms with Gasteiger partial charge in [0, 0.05) is 51.3 Å². The molecule has 2 fully saturated rings. The highest BCUT2D eigenvalue weighted by atomic mass is 32.1. The fourth-order valence-electron chi connectivity index (χ4n) is 3.48. The van der Waals surface area contributed by atoms with Crippen LogP contribution in [0.15, 0.2) is 5.51 Å². The minimum absolute atomic E-state index is 0.0119. The lowest BCUT2D eigenvalue weighted by Gasteiger charge is -2.38. The summed E-state index contributed by atoms with van der Waals surface area (Å²) in [6.45, 7) is 5.74. The molecular weight excluding hydrogens is 312 g/mol. The van der Waals surface area contributed by atoms with Crippen molar-refractivity contribution in [3.8, 4) is 0 Å². The van der Waals surface area contributed by atoms with Crippen molar-refractivity contribution in [3.05, 3.63) is 16.1 Å². The number of ether oxygens (including phenoxy) is 1. The number of hydrogen-bond donors (Lipinski definition) is 1. The fourth-order valence-corrected chi connectivity index (χ4v) is 4.30. The number of carbonyl (C=O) groups excluding carboxylic acids is 1. The van der Waals surface area contributed by atoms with E-state index >= 15 is 0 Å². The van der Waals surface area contributed by atoms with Gasteiger partial charge in [-0.1, -0.05) is 0 Å². The van der Waals surface area contributed by atoms with Gasteiger partial charge < -0.3 is 15.0 Å². The summed E-state index contributed by atoms with van der Waals surface area (Å²) in [7, 11) is 3.55. The molecule has 0 unspecified atom stereocenters. The molecule has 2 atom stereocenters. The molecule has 3 rings (SSSR count). The average Bonchev–Trinajstić information content (AvgIpc) is 3.07. The third-order valence-electron chi connectivity index (χ3n) is 4.83. The van der Waals surface area contributed by atoms with Gasteiger partial charge in [-0.2, -0.15) is 0 Å². The molecule has 2 amide bonds. The smallest absolute Gasteiger partial charge is 0.317 e. The zero-order valence-corrected chi connectivity index (χ0v) is 15.0. The predicted molar refractivity (Wildman–Crippen MR) is 90.7 cm³/mol. The average molecular weight is 338 g/mol. The Morgan fingerprint density at radius 2 is 2.43 bits per heavy atom. The number of aryl methyl sites for hydroxylation is 1.